The molecule has 0 aliphatic rings. The molecule has 0 amide bonds. The predicted molar refractivity (Wildman–Crippen MR) is 47.3 cm³/mol. The van der Waals surface area contributed by atoms with E-state index in [0.29, 0.717) is 0 Å². The molecule has 2 nitrogen and oxygen atoms in total. The lowest BCUT2D eigenvalue weighted by molar-refractivity contribution is 1.43. The van der Waals surface area contributed by atoms with Crippen LogP contribution in [0.1, 0.15) is 0 Å². The van der Waals surface area contributed by atoms with E-state index in [1.54, 1.807) is 0 Å². The van der Waals surface area contributed by atoms with Crippen molar-refractivity contribution in [2.45, 2.75) is 6.55 Å². The molecule has 11 heavy (non-hydrogen) atoms. The molecule has 0 spiro atoms. The van der Waals surface area contributed by atoms with Gasteiger partial charge in [-0.25, -0.2) is 4.98 Å². The van der Waals surface area contributed by atoms with Gasteiger partial charge in [-0.3, -0.25) is 0 Å². The highest BCUT2D eigenvalue weighted by Crippen LogP contribution is 2.04. The first-order chi connectivity index (χ1) is 5.40. The minimum absolute atomic E-state index is 0.747. The Balaban J connectivity index is 2.69. The minimum atomic E-state index is 0.747. The largest absolute Gasteiger partial charge is 0.347 e. The van der Waals surface area contributed by atoms with Gasteiger partial charge in [0.1, 0.15) is 9.52 Å². The summed E-state index contributed by atoms with van der Waals surface area (Å²) in [5.41, 5.74) is 3.29. The number of imidazole rings is 1. The van der Waals surface area contributed by atoms with Crippen LogP contribution in [0.4, 0.5) is 0 Å². The second-order valence-corrected chi connectivity index (χ2v) is 3.33. The van der Waals surface area contributed by atoms with E-state index >= 15 is 0 Å². The van der Waals surface area contributed by atoms with Crippen LogP contribution in [0.25, 0.3) is 11.0 Å². The van der Waals surface area contributed by atoms with Gasteiger partial charge in [-0.1, -0.05) is 18.7 Å². The number of fused-ring (bicyclic) bond motifs is 1. The van der Waals surface area contributed by atoms with Crippen LogP contribution in [-0.2, 0) is 0 Å². The smallest absolute Gasteiger partial charge is 0.128 e. The summed E-state index contributed by atoms with van der Waals surface area (Å²) in [7, 11) is 0.747. The zero-order valence-electron chi connectivity index (χ0n) is 6.26. The fraction of sp³-hybridized carbons (Fsp3) is 0.125. The maximum Gasteiger partial charge on any atom is 0.128 e. The molecule has 0 unspecified atom stereocenters. The van der Waals surface area contributed by atoms with E-state index in [1.807, 2.05) is 24.3 Å². The third kappa shape index (κ3) is 1.07. The van der Waals surface area contributed by atoms with Crippen LogP contribution in [0, 0.1) is 0 Å². The van der Waals surface area contributed by atoms with Crippen LogP contribution >= 0.6 is 0 Å². The van der Waals surface area contributed by atoms with E-state index in [4.69, 9.17) is 0 Å². The van der Waals surface area contributed by atoms with Gasteiger partial charge in [-0.05, 0) is 12.1 Å². The Morgan fingerprint density at radius 2 is 2.18 bits per heavy atom. The number of aromatic nitrogens is 2. The summed E-state index contributed by atoms with van der Waals surface area (Å²) in [6, 6.07) is 8.09. The van der Waals surface area contributed by atoms with Gasteiger partial charge in [0.15, 0.2) is 0 Å². The van der Waals surface area contributed by atoms with Crippen molar-refractivity contribution in [3.63, 3.8) is 0 Å². The molecule has 2 rings (SSSR count). The number of rotatable bonds is 1. The predicted octanol–water partition coefficient (Wildman–Crippen LogP) is 0.940. The highest BCUT2D eigenvalue weighted by atomic mass is 28.2. The number of para-hydroxylation sites is 2. The topological polar surface area (TPSA) is 28.7 Å². The summed E-state index contributed by atoms with van der Waals surface area (Å²) in [6.45, 7) is 2.12. The highest BCUT2D eigenvalue weighted by Gasteiger charge is 1.97. The molecule has 0 fully saturated rings. The molecule has 2 radical (unpaired) electrons. The fourth-order valence-electron chi connectivity index (χ4n) is 1.07. The summed E-state index contributed by atoms with van der Waals surface area (Å²) < 4.78 is 0. The molecule has 0 aliphatic carbocycles. The minimum Gasteiger partial charge on any atom is -0.347 e. The average molecular weight is 160 g/mol. The molecule has 2 aromatic rings. The first kappa shape index (κ1) is 6.61. The van der Waals surface area contributed by atoms with Crippen molar-refractivity contribution in [1.29, 1.82) is 0 Å². The summed E-state index contributed by atoms with van der Waals surface area (Å²) in [5.74, 6) is 0. The third-order valence-corrected chi connectivity index (χ3v) is 2.34. The van der Waals surface area contributed by atoms with Gasteiger partial charge >= 0.3 is 0 Å². The van der Waals surface area contributed by atoms with Crippen molar-refractivity contribution in [1.82, 2.24) is 9.97 Å². The van der Waals surface area contributed by atoms with Gasteiger partial charge in [0.2, 0.25) is 0 Å². The van der Waals surface area contributed by atoms with Crippen LogP contribution in [0.3, 0.4) is 0 Å². The quantitative estimate of drug-likeness (QED) is 0.618. The van der Waals surface area contributed by atoms with Gasteiger partial charge < -0.3 is 4.98 Å². The third-order valence-electron chi connectivity index (χ3n) is 1.63. The van der Waals surface area contributed by atoms with Gasteiger partial charge in [0, 0.05) is 0 Å². The second kappa shape index (κ2) is 2.51. The van der Waals surface area contributed by atoms with Crippen molar-refractivity contribution in [3.8, 4) is 0 Å². The SMILES string of the molecule is C[Si]c1nc2ccccc2[nH]1. The fourth-order valence-corrected chi connectivity index (χ4v) is 1.56. The van der Waals surface area contributed by atoms with Crippen LogP contribution in [-0.4, -0.2) is 19.5 Å². The van der Waals surface area contributed by atoms with Gasteiger partial charge in [-0.15, -0.1) is 0 Å². The first-order valence-corrected chi connectivity index (χ1v) is 5.02. The Morgan fingerprint density at radius 3 is 2.91 bits per heavy atom. The lowest BCUT2D eigenvalue weighted by Gasteiger charge is -1.81. The monoisotopic (exact) mass is 160 g/mol. The molecule has 0 bridgehead atoms. The normalized spacial score (nSPS) is 10.6. The van der Waals surface area contributed by atoms with Crippen LogP contribution in [0.15, 0.2) is 24.3 Å². The molecular formula is C8H8N2Si. The number of aromatic amines is 1. The molecule has 1 heterocycles. The van der Waals surface area contributed by atoms with Crippen LogP contribution < -0.4 is 5.45 Å². The van der Waals surface area contributed by atoms with Crippen molar-refractivity contribution in [2.24, 2.45) is 0 Å². The van der Waals surface area contributed by atoms with E-state index in [9.17, 15) is 0 Å². The zero-order valence-corrected chi connectivity index (χ0v) is 7.26. The maximum atomic E-state index is 4.39. The Bertz CT molecular complexity index is 334. The Labute approximate surface area is 67.5 Å². The van der Waals surface area contributed by atoms with E-state index < -0.39 is 0 Å². The molecule has 1 aromatic heterocycles. The van der Waals surface area contributed by atoms with Crippen LogP contribution in [0.2, 0.25) is 6.55 Å². The number of H-pyrrole nitrogens is 1. The molecule has 1 N–H and O–H groups in total. The van der Waals surface area contributed by atoms with Crippen LogP contribution in [0.5, 0.6) is 0 Å². The van der Waals surface area contributed by atoms with Gasteiger partial charge in [-0.2, -0.15) is 0 Å². The molecule has 0 atom stereocenters. The van der Waals surface area contributed by atoms with E-state index in [1.165, 1.54) is 0 Å². The summed E-state index contributed by atoms with van der Waals surface area (Å²) in [6.07, 6.45) is 0. The Kier molecular flexibility index (Phi) is 1.51. The number of hydrogen-bond donors (Lipinski definition) is 1. The van der Waals surface area contributed by atoms with E-state index in [0.717, 1.165) is 26.0 Å². The molecule has 3 heteroatoms. The standard InChI is InChI=1S/C8H8N2Si/c1-11-8-9-6-4-2-3-5-7(6)10-8/h2-5H,1H3,(H,9,10). The maximum absolute atomic E-state index is 4.39. The second-order valence-electron chi connectivity index (χ2n) is 2.35. The number of hydrogen-bond acceptors (Lipinski definition) is 1. The molecule has 1 aromatic carbocycles. The van der Waals surface area contributed by atoms with Crippen molar-refractivity contribution < 1.29 is 0 Å². The summed E-state index contributed by atoms with van der Waals surface area (Å²) >= 11 is 0. The Hall–Kier alpha value is -1.09. The zero-order chi connectivity index (χ0) is 7.68. The van der Waals surface area contributed by atoms with E-state index in [2.05, 4.69) is 16.5 Å². The molecular weight excluding hydrogens is 152 g/mol. The van der Waals surface area contributed by atoms with Crippen molar-refractivity contribution >= 4 is 26.0 Å². The molecule has 0 aliphatic heterocycles. The Morgan fingerprint density at radius 1 is 1.36 bits per heavy atom. The average Bonchev–Trinajstić information content (AvgIpc) is 2.46. The first-order valence-electron chi connectivity index (χ1n) is 3.52. The van der Waals surface area contributed by atoms with Crippen molar-refractivity contribution in [3.05, 3.63) is 24.3 Å². The number of benzene rings is 1. The lowest BCUT2D eigenvalue weighted by Crippen LogP contribution is -2.14. The number of nitrogens with one attached hydrogen (secondary N) is 1. The number of nitrogens with zero attached hydrogens (tertiary/aromatic N) is 1. The highest BCUT2D eigenvalue weighted by molar-refractivity contribution is 6.50. The van der Waals surface area contributed by atoms with E-state index in [-0.39, 0.29) is 0 Å². The van der Waals surface area contributed by atoms with Crippen molar-refractivity contribution in [2.75, 3.05) is 0 Å². The summed E-state index contributed by atoms with van der Waals surface area (Å²) in [5, 5.41) is 0. The summed E-state index contributed by atoms with van der Waals surface area (Å²) in [4.78, 5) is 7.63. The molecule has 0 saturated carbocycles. The molecule has 0 saturated heterocycles. The lowest BCUT2D eigenvalue weighted by atomic mass is 10.3. The molecule has 54 valence electrons. The van der Waals surface area contributed by atoms with Gasteiger partial charge in [0.05, 0.1) is 16.5 Å². The van der Waals surface area contributed by atoms with Gasteiger partial charge in [0.25, 0.3) is 0 Å².